The van der Waals surface area contributed by atoms with E-state index in [9.17, 15) is 4.79 Å². The van der Waals surface area contributed by atoms with Gasteiger partial charge in [0, 0.05) is 17.8 Å². The second-order valence-corrected chi connectivity index (χ2v) is 5.85. The summed E-state index contributed by atoms with van der Waals surface area (Å²) in [7, 11) is 1.56. The van der Waals surface area contributed by atoms with Gasteiger partial charge in [0.05, 0.1) is 10.2 Å². The van der Waals surface area contributed by atoms with Gasteiger partial charge in [-0.2, -0.15) is 0 Å². The number of fused-ring (bicyclic) bond motifs is 1. The zero-order valence-electron chi connectivity index (χ0n) is 11.6. The first-order valence-corrected chi connectivity index (χ1v) is 7.66. The lowest BCUT2D eigenvalue weighted by Gasteiger charge is -2.05. The van der Waals surface area contributed by atoms with Gasteiger partial charge in [-0.15, -0.1) is 0 Å². The number of ether oxygens (including phenoxy) is 1. The molecule has 0 aliphatic carbocycles. The fourth-order valence-electron chi connectivity index (χ4n) is 1.82. The van der Waals surface area contributed by atoms with Crippen LogP contribution in [-0.2, 0) is 0 Å². The number of aromatic nitrogens is 1. The van der Waals surface area contributed by atoms with Crippen molar-refractivity contribution in [2.75, 3.05) is 12.4 Å². The molecule has 2 aromatic carbocycles. The molecule has 0 unspecified atom stereocenters. The molecule has 0 saturated heterocycles. The van der Waals surface area contributed by atoms with Gasteiger partial charge in [-0.25, -0.2) is 9.78 Å². The molecule has 0 spiro atoms. The van der Waals surface area contributed by atoms with E-state index in [1.54, 1.807) is 37.4 Å². The maximum Gasteiger partial charge on any atom is 0.318 e. The predicted octanol–water partition coefficient (Wildman–Crippen LogP) is 4.49. The number of nitrogens with one attached hydrogen (secondary N) is 2. The molecule has 0 atom stereocenters. The van der Waals surface area contributed by atoms with Gasteiger partial charge in [0.15, 0.2) is 0 Å². The summed E-state index contributed by atoms with van der Waals surface area (Å²) >= 11 is 7.38. The number of rotatable bonds is 3. The first-order valence-electron chi connectivity index (χ1n) is 6.47. The maximum atomic E-state index is 11.2. The molecule has 0 aliphatic rings. The molecule has 22 heavy (non-hydrogen) atoms. The van der Waals surface area contributed by atoms with Crippen molar-refractivity contribution in [3.63, 3.8) is 0 Å². The van der Waals surface area contributed by atoms with Crippen molar-refractivity contribution in [2.24, 2.45) is 0 Å². The summed E-state index contributed by atoms with van der Waals surface area (Å²) in [4.78, 5) is 15.6. The van der Waals surface area contributed by atoms with Crippen LogP contribution in [0.2, 0.25) is 5.02 Å². The van der Waals surface area contributed by atoms with Crippen LogP contribution >= 0.6 is 22.9 Å². The highest BCUT2D eigenvalue weighted by atomic mass is 35.5. The normalized spacial score (nSPS) is 10.5. The van der Waals surface area contributed by atoms with E-state index in [2.05, 4.69) is 15.6 Å². The van der Waals surface area contributed by atoms with Crippen LogP contribution in [0.5, 0.6) is 10.9 Å². The number of amides is 2. The van der Waals surface area contributed by atoms with Crippen LogP contribution in [0.25, 0.3) is 10.2 Å². The minimum atomic E-state index is -0.267. The third-order valence-electron chi connectivity index (χ3n) is 2.88. The molecule has 0 radical (unpaired) electrons. The van der Waals surface area contributed by atoms with Crippen LogP contribution < -0.4 is 15.4 Å². The molecule has 2 N–H and O–H groups in total. The molecule has 112 valence electrons. The SMILES string of the molecule is CNC(=O)Nc1ccc(Oc2nc3ccc(Cl)cc3s2)cc1. The van der Waals surface area contributed by atoms with Gasteiger partial charge in [-0.1, -0.05) is 22.9 Å². The number of carbonyl (C=O) groups excluding carboxylic acids is 1. The number of hydrogen-bond acceptors (Lipinski definition) is 4. The highest BCUT2D eigenvalue weighted by Gasteiger charge is 2.07. The van der Waals surface area contributed by atoms with Crippen molar-refractivity contribution in [1.29, 1.82) is 0 Å². The smallest absolute Gasteiger partial charge is 0.318 e. The number of halogens is 1. The molecule has 1 heterocycles. The quantitative estimate of drug-likeness (QED) is 0.742. The molecular formula is C15H12ClN3O2S. The zero-order chi connectivity index (χ0) is 15.5. The summed E-state index contributed by atoms with van der Waals surface area (Å²) in [6.45, 7) is 0. The summed E-state index contributed by atoms with van der Waals surface area (Å²) in [5.74, 6) is 0.646. The van der Waals surface area contributed by atoms with Crippen molar-refractivity contribution >= 4 is 44.9 Å². The molecule has 0 bridgehead atoms. The Balaban J connectivity index is 1.75. The largest absolute Gasteiger partial charge is 0.431 e. The number of benzene rings is 2. The van der Waals surface area contributed by atoms with Gasteiger partial charge in [-0.3, -0.25) is 0 Å². The average molecular weight is 334 g/mol. The predicted molar refractivity (Wildman–Crippen MR) is 89.2 cm³/mol. The Labute approximate surface area is 135 Å². The lowest BCUT2D eigenvalue weighted by Crippen LogP contribution is -2.24. The molecule has 5 nitrogen and oxygen atoms in total. The first-order chi connectivity index (χ1) is 10.6. The summed E-state index contributed by atoms with van der Waals surface area (Å²) in [5, 5.41) is 6.38. The Kier molecular flexibility index (Phi) is 4.13. The molecule has 3 aromatic rings. The van der Waals surface area contributed by atoms with Gasteiger partial charge < -0.3 is 15.4 Å². The second-order valence-electron chi connectivity index (χ2n) is 4.42. The Bertz CT molecular complexity index is 817. The maximum absolute atomic E-state index is 11.2. The highest BCUT2D eigenvalue weighted by molar-refractivity contribution is 7.20. The molecular weight excluding hydrogens is 322 g/mol. The summed E-state index contributed by atoms with van der Waals surface area (Å²) in [6.07, 6.45) is 0. The number of thiazole rings is 1. The lowest BCUT2D eigenvalue weighted by atomic mass is 10.3. The Hall–Kier alpha value is -2.31. The molecule has 7 heteroatoms. The van der Waals surface area contributed by atoms with Crippen molar-refractivity contribution in [3.8, 4) is 10.9 Å². The minimum absolute atomic E-state index is 0.267. The number of nitrogens with zero attached hydrogens (tertiary/aromatic N) is 1. The molecule has 0 saturated carbocycles. The van der Waals surface area contributed by atoms with Crippen molar-refractivity contribution < 1.29 is 9.53 Å². The van der Waals surface area contributed by atoms with Gasteiger partial charge in [0.25, 0.3) is 5.19 Å². The van der Waals surface area contributed by atoms with Crippen LogP contribution in [0, 0.1) is 0 Å². The number of carbonyl (C=O) groups is 1. The molecule has 1 aromatic heterocycles. The van der Waals surface area contributed by atoms with Crippen LogP contribution in [0.1, 0.15) is 0 Å². The fraction of sp³-hybridized carbons (Fsp3) is 0.0667. The van der Waals surface area contributed by atoms with E-state index in [0.717, 1.165) is 10.2 Å². The molecule has 0 aliphatic heterocycles. The Morgan fingerprint density at radius 3 is 2.73 bits per heavy atom. The molecule has 0 fully saturated rings. The lowest BCUT2D eigenvalue weighted by molar-refractivity contribution is 0.254. The van der Waals surface area contributed by atoms with Crippen molar-refractivity contribution in [2.45, 2.75) is 0 Å². The fourth-order valence-corrected chi connectivity index (χ4v) is 2.93. The topological polar surface area (TPSA) is 63.2 Å². The van der Waals surface area contributed by atoms with Gasteiger partial charge in [0.2, 0.25) is 0 Å². The van der Waals surface area contributed by atoms with Crippen molar-refractivity contribution in [1.82, 2.24) is 10.3 Å². The summed E-state index contributed by atoms with van der Waals surface area (Å²) in [6, 6.07) is 12.3. The van der Waals surface area contributed by atoms with Crippen LogP contribution in [-0.4, -0.2) is 18.1 Å². The monoisotopic (exact) mass is 333 g/mol. The average Bonchev–Trinajstić information content (AvgIpc) is 2.90. The van der Waals surface area contributed by atoms with Crippen LogP contribution in [0.15, 0.2) is 42.5 Å². The Morgan fingerprint density at radius 1 is 1.23 bits per heavy atom. The van der Waals surface area contributed by atoms with E-state index in [-0.39, 0.29) is 6.03 Å². The van der Waals surface area contributed by atoms with Gasteiger partial charge in [-0.05, 0) is 42.5 Å². The van der Waals surface area contributed by atoms with E-state index in [1.165, 1.54) is 11.3 Å². The van der Waals surface area contributed by atoms with Crippen molar-refractivity contribution in [3.05, 3.63) is 47.5 Å². The number of anilines is 1. The van der Waals surface area contributed by atoms with E-state index in [1.807, 2.05) is 12.1 Å². The van der Waals surface area contributed by atoms with Gasteiger partial charge in [0.1, 0.15) is 5.75 Å². The summed E-state index contributed by atoms with van der Waals surface area (Å²) in [5.41, 5.74) is 1.53. The molecule has 2 amide bonds. The highest BCUT2D eigenvalue weighted by Crippen LogP contribution is 2.32. The Morgan fingerprint density at radius 2 is 2.00 bits per heavy atom. The third kappa shape index (κ3) is 3.29. The third-order valence-corrected chi connectivity index (χ3v) is 4.01. The summed E-state index contributed by atoms with van der Waals surface area (Å²) < 4.78 is 6.70. The second kappa shape index (κ2) is 6.21. The zero-order valence-corrected chi connectivity index (χ0v) is 13.2. The van der Waals surface area contributed by atoms with Crippen LogP contribution in [0.3, 0.4) is 0 Å². The molecule has 3 rings (SSSR count). The minimum Gasteiger partial charge on any atom is -0.431 e. The van der Waals surface area contributed by atoms with Gasteiger partial charge >= 0.3 is 6.03 Å². The number of hydrogen-bond donors (Lipinski definition) is 2. The van der Waals surface area contributed by atoms with E-state index >= 15 is 0 Å². The van der Waals surface area contributed by atoms with E-state index in [4.69, 9.17) is 16.3 Å². The van der Waals surface area contributed by atoms with E-state index < -0.39 is 0 Å². The standard InChI is InChI=1S/C15H12ClN3O2S/c1-17-14(20)18-10-3-5-11(6-4-10)21-15-19-12-7-2-9(16)8-13(12)22-15/h2-8H,1H3,(H2,17,18,20). The first kappa shape index (κ1) is 14.6. The van der Waals surface area contributed by atoms with Crippen LogP contribution in [0.4, 0.5) is 10.5 Å². The van der Waals surface area contributed by atoms with E-state index in [0.29, 0.717) is 21.7 Å². The number of urea groups is 1.